The Morgan fingerprint density at radius 3 is 2.72 bits per heavy atom. The Morgan fingerprint density at radius 1 is 1.28 bits per heavy atom. The number of carbonyl (C=O) groups is 1. The number of ether oxygens (including phenoxy) is 1. The number of hydrogen-bond acceptors (Lipinski definition) is 5. The van der Waals surface area contributed by atoms with Crippen LogP contribution >= 0.6 is 11.3 Å². The second-order valence-electron chi connectivity index (χ2n) is 5.74. The molecule has 0 bridgehead atoms. The van der Waals surface area contributed by atoms with E-state index in [1.54, 1.807) is 13.0 Å². The highest BCUT2D eigenvalue weighted by molar-refractivity contribution is 7.18. The Balaban J connectivity index is 1.78. The molecule has 5 nitrogen and oxygen atoms in total. The van der Waals surface area contributed by atoms with Crippen LogP contribution in [0.25, 0.3) is 16.3 Å². The van der Waals surface area contributed by atoms with Crippen LogP contribution in [-0.2, 0) is 9.53 Å². The van der Waals surface area contributed by atoms with E-state index < -0.39 is 12.1 Å². The molecule has 0 saturated heterocycles. The van der Waals surface area contributed by atoms with E-state index in [2.05, 4.69) is 9.97 Å². The molecule has 2 heterocycles. The maximum atomic E-state index is 12.3. The molecule has 128 valence electrons. The van der Waals surface area contributed by atoms with Gasteiger partial charge in [0.25, 0.3) is 5.56 Å². The van der Waals surface area contributed by atoms with Crippen LogP contribution in [-0.4, -0.2) is 15.9 Å². The van der Waals surface area contributed by atoms with Crippen LogP contribution in [0.5, 0.6) is 0 Å². The Morgan fingerprint density at radius 2 is 2.00 bits per heavy atom. The SMILES string of the molecule is Cc1sc2nc([C@@H](C)OC(=O)/C=C/c3ccccc3)[nH]c(=O)c2c1C. The summed E-state index contributed by atoms with van der Waals surface area (Å²) in [5.41, 5.74) is 1.64. The zero-order chi connectivity index (χ0) is 18.0. The average molecular weight is 354 g/mol. The standard InChI is InChI=1S/C19H18N2O3S/c1-11-13(3)25-19-16(11)18(23)20-17(21-19)12(2)24-15(22)10-9-14-7-5-4-6-8-14/h4-10,12H,1-3H3,(H,20,21,23)/b10-9+/t12-/m1/s1. The van der Waals surface area contributed by atoms with Crippen LogP contribution in [0, 0.1) is 13.8 Å². The molecule has 3 aromatic rings. The smallest absolute Gasteiger partial charge is 0.331 e. The lowest BCUT2D eigenvalue weighted by molar-refractivity contribution is -0.142. The first-order valence-corrected chi connectivity index (χ1v) is 8.71. The summed E-state index contributed by atoms with van der Waals surface area (Å²) in [6.45, 7) is 5.55. The first kappa shape index (κ1) is 17.1. The highest BCUT2D eigenvalue weighted by Gasteiger charge is 2.17. The number of benzene rings is 1. The molecule has 0 radical (unpaired) electrons. The van der Waals surface area contributed by atoms with Gasteiger partial charge in [0.1, 0.15) is 4.83 Å². The molecule has 3 rings (SSSR count). The Kier molecular flexibility index (Phi) is 4.81. The third-order valence-corrected chi connectivity index (χ3v) is 5.05. The minimum atomic E-state index is -0.646. The highest BCUT2D eigenvalue weighted by atomic mass is 32.1. The number of hydrogen-bond donors (Lipinski definition) is 1. The van der Waals surface area contributed by atoms with E-state index in [1.807, 2.05) is 44.2 Å². The van der Waals surface area contributed by atoms with Gasteiger partial charge in [0, 0.05) is 11.0 Å². The number of thiophene rings is 1. The monoisotopic (exact) mass is 354 g/mol. The molecule has 0 saturated carbocycles. The summed E-state index contributed by atoms with van der Waals surface area (Å²) in [4.78, 5) is 33.2. The van der Waals surface area contributed by atoms with Gasteiger partial charge in [-0.2, -0.15) is 0 Å². The zero-order valence-electron chi connectivity index (χ0n) is 14.2. The van der Waals surface area contributed by atoms with Crippen molar-refractivity contribution in [1.82, 2.24) is 9.97 Å². The van der Waals surface area contributed by atoms with Crippen molar-refractivity contribution in [3.63, 3.8) is 0 Å². The average Bonchev–Trinajstić information content (AvgIpc) is 2.88. The van der Waals surface area contributed by atoms with E-state index in [0.717, 1.165) is 16.0 Å². The van der Waals surface area contributed by atoms with Crippen LogP contribution in [0.4, 0.5) is 0 Å². The van der Waals surface area contributed by atoms with Crippen LogP contribution in [0.2, 0.25) is 0 Å². The van der Waals surface area contributed by atoms with E-state index in [4.69, 9.17) is 4.74 Å². The van der Waals surface area contributed by atoms with E-state index in [-0.39, 0.29) is 5.56 Å². The lowest BCUT2D eigenvalue weighted by Gasteiger charge is -2.11. The fraction of sp³-hybridized carbons (Fsp3) is 0.211. The molecule has 1 N–H and O–H groups in total. The van der Waals surface area contributed by atoms with Crippen molar-refractivity contribution in [3.05, 3.63) is 68.6 Å². The minimum Gasteiger partial charge on any atom is -0.451 e. The summed E-state index contributed by atoms with van der Waals surface area (Å²) in [6, 6.07) is 9.47. The number of aromatic nitrogens is 2. The Hall–Kier alpha value is -2.73. The third kappa shape index (κ3) is 3.69. The van der Waals surface area contributed by atoms with Gasteiger partial charge in [-0.15, -0.1) is 11.3 Å². The third-order valence-electron chi connectivity index (χ3n) is 3.95. The number of carbonyl (C=O) groups excluding carboxylic acids is 1. The van der Waals surface area contributed by atoms with Crippen molar-refractivity contribution >= 4 is 33.6 Å². The molecular weight excluding hydrogens is 336 g/mol. The van der Waals surface area contributed by atoms with Crippen molar-refractivity contribution in [2.45, 2.75) is 26.9 Å². The van der Waals surface area contributed by atoms with Crippen LogP contribution in [0.3, 0.4) is 0 Å². The van der Waals surface area contributed by atoms with E-state index >= 15 is 0 Å². The number of nitrogens with zero attached hydrogens (tertiary/aromatic N) is 1. The molecule has 6 heteroatoms. The largest absolute Gasteiger partial charge is 0.451 e. The van der Waals surface area contributed by atoms with Gasteiger partial charge in [-0.1, -0.05) is 30.3 Å². The predicted molar refractivity (Wildman–Crippen MR) is 99.7 cm³/mol. The van der Waals surface area contributed by atoms with Crippen molar-refractivity contribution in [1.29, 1.82) is 0 Å². The maximum absolute atomic E-state index is 12.3. The van der Waals surface area contributed by atoms with Crippen molar-refractivity contribution in [3.8, 4) is 0 Å². The molecule has 2 aromatic heterocycles. The Bertz CT molecular complexity index is 1000. The van der Waals surface area contributed by atoms with Gasteiger partial charge in [-0.25, -0.2) is 9.78 Å². The molecule has 0 amide bonds. The molecule has 0 spiro atoms. The van der Waals surface area contributed by atoms with Gasteiger partial charge < -0.3 is 9.72 Å². The van der Waals surface area contributed by atoms with Crippen LogP contribution < -0.4 is 5.56 Å². The Labute approximate surface area is 149 Å². The number of H-pyrrole nitrogens is 1. The number of esters is 1. The van der Waals surface area contributed by atoms with Crippen LogP contribution in [0.1, 0.15) is 34.9 Å². The summed E-state index contributed by atoms with van der Waals surface area (Å²) in [5.74, 6) is -0.141. The van der Waals surface area contributed by atoms with Gasteiger partial charge in [0.2, 0.25) is 0 Å². The zero-order valence-corrected chi connectivity index (χ0v) is 15.0. The highest BCUT2D eigenvalue weighted by Crippen LogP contribution is 2.26. The number of fused-ring (bicyclic) bond motifs is 1. The molecule has 0 unspecified atom stereocenters. The predicted octanol–water partition coefficient (Wildman–Crippen LogP) is 3.92. The fourth-order valence-corrected chi connectivity index (χ4v) is 3.50. The summed E-state index contributed by atoms with van der Waals surface area (Å²) >= 11 is 1.47. The number of rotatable bonds is 4. The van der Waals surface area contributed by atoms with Gasteiger partial charge >= 0.3 is 5.97 Å². The minimum absolute atomic E-state index is 0.204. The van der Waals surface area contributed by atoms with Gasteiger partial charge in [-0.3, -0.25) is 4.79 Å². The molecule has 0 aliphatic rings. The second kappa shape index (κ2) is 7.03. The topological polar surface area (TPSA) is 72.0 Å². The van der Waals surface area contributed by atoms with E-state index in [1.165, 1.54) is 17.4 Å². The first-order chi connectivity index (χ1) is 12.0. The number of aromatic amines is 1. The summed E-state index contributed by atoms with van der Waals surface area (Å²) in [7, 11) is 0. The number of nitrogens with one attached hydrogen (secondary N) is 1. The summed E-state index contributed by atoms with van der Waals surface area (Å²) in [5, 5.41) is 0.605. The molecule has 0 aliphatic carbocycles. The molecule has 0 aliphatic heterocycles. The lowest BCUT2D eigenvalue weighted by Crippen LogP contribution is -2.16. The second-order valence-corrected chi connectivity index (χ2v) is 6.94. The molecular formula is C19H18N2O3S. The van der Waals surface area contributed by atoms with E-state index in [9.17, 15) is 9.59 Å². The normalized spacial score (nSPS) is 12.6. The van der Waals surface area contributed by atoms with Crippen LogP contribution in [0.15, 0.2) is 41.2 Å². The van der Waals surface area contributed by atoms with Gasteiger partial charge in [0.15, 0.2) is 11.9 Å². The number of aryl methyl sites for hydroxylation is 2. The quantitative estimate of drug-likeness (QED) is 0.569. The fourth-order valence-electron chi connectivity index (χ4n) is 2.46. The lowest BCUT2D eigenvalue weighted by atomic mass is 10.2. The maximum Gasteiger partial charge on any atom is 0.331 e. The van der Waals surface area contributed by atoms with Crippen molar-refractivity contribution in [2.24, 2.45) is 0 Å². The molecule has 25 heavy (non-hydrogen) atoms. The van der Waals surface area contributed by atoms with E-state index in [0.29, 0.717) is 16.0 Å². The van der Waals surface area contributed by atoms with Gasteiger partial charge in [0.05, 0.1) is 5.39 Å². The molecule has 0 fully saturated rings. The summed E-state index contributed by atoms with van der Waals surface area (Å²) in [6.07, 6.45) is 2.40. The molecule has 1 aromatic carbocycles. The van der Waals surface area contributed by atoms with Gasteiger partial charge in [-0.05, 0) is 38.0 Å². The van der Waals surface area contributed by atoms with Crippen molar-refractivity contribution in [2.75, 3.05) is 0 Å². The molecule has 1 atom stereocenters. The summed E-state index contributed by atoms with van der Waals surface area (Å²) < 4.78 is 5.35. The van der Waals surface area contributed by atoms with Crippen molar-refractivity contribution < 1.29 is 9.53 Å². The first-order valence-electron chi connectivity index (χ1n) is 7.89.